The van der Waals surface area contributed by atoms with Crippen molar-refractivity contribution in [3.05, 3.63) is 60.3 Å². The summed E-state index contributed by atoms with van der Waals surface area (Å²) in [6, 6.07) is 14.6. The van der Waals surface area contributed by atoms with Gasteiger partial charge in [0.15, 0.2) is 11.5 Å². The van der Waals surface area contributed by atoms with Crippen molar-refractivity contribution in [2.24, 2.45) is 5.73 Å². The average molecular weight is 333 g/mol. The summed E-state index contributed by atoms with van der Waals surface area (Å²) >= 11 is 0. The molecule has 4 N–H and O–H groups in total. The Labute approximate surface area is 144 Å². The first kappa shape index (κ1) is 15.0. The molecular weight excluding hydrogens is 318 g/mol. The SMILES string of the molecule is NC(=O)c1cccc(-c2cnc(N)c(-c3ccc4c(c3)OCO4)c2)c1. The van der Waals surface area contributed by atoms with Crippen LogP contribution < -0.4 is 20.9 Å². The van der Waals surface area contributed by atoms with Gasteiger partial charge >= 0.3 is 0 Å². The molecule has 0 radical (unpaired) electrons. The first-order valence-corrected chi connectivity index (χ1v) is 7.67. The lowest BCUT2D eigenvalue weighted by Crippen LogP contribution is -2.10. The highest BCUT2D eigenvalue weighted by atomic mass is 16.7. The van der Waals surface area contributed by atoms with Crippen LogP contribution >= 0.6 is 0 Å². The van der Waals surface area contributed by atoms with Gasteiger partial charge in [-0.2, -0.15) is 0 Å². The largest absolute Gasteiger partial charge is 0.454 e. The molecule has 6 heteroatoms. The molecule has 0 spiro atoms. The van der Waals surface area contributed by atoms with Gasteiger partial charge < -0.3 is 20.9 Å². The number of nitrogen functional groups attached to an aromatic ring is 1. The predicted octanol–water partition coefficient (Wildman–Crippen LogP) is 2.83. The van der Waals surface area contributed by atoms with E-state index in [1.54, 1.807) is 24.4 Å². The number of carbonyl (C=O) groups excluding carboxylic acids is 1. The normalized spacial score (nSPS) is 12.2. The number of ether oxygens (including phenoxy) is 2. The Morgan fingerprint density at radius 1 is 0.960 bits per heavy atom. The third-order valence-corrected chi connectivity index (χ3v) is 4.08. The van der Waals surface area contributed by atoms with Crippen molar-refractivity contribution in [3.63, 3.8) is 0 Å². The van der Waals surface area contributed by atoms with Gasteiger partial charge in [-0.3, -0.25) is 4.79 Å². The van der Waals surface area contributed by atoms with Gasteiger partial charge in [0.1, 0.15) is 5.82 Å². The first-order valence-electron chi connectivity index (χ1n) is 7.67. The Kier molecular flexibility index (Phi) is 3.50. The number of rotatable bonds is 3. The van der Waals surface area contributed by atoms with Crippen molar-refractivity contribution in [3.8, 4) is 33.8 Å². The zero-order chi connectivity index (χ0) is 17.4. The summed E-state index contributed by atoms with van der Waals surface area (Å²) in [7, 11) is 0. The van der Waals surface area contributed by atoms with E-state index in [1.165, 1.54) is 0 Å². The number of primary amides is 1. The number of pyridine rings is 1. The van der Waals surface area contributed by atoms with Gasteiger partial charge in [0.2, 0.25) is 12.7 Å². The number of fused-ring (bicyclic) bond motifs is 1. The third kappa shape index (κ3) is 2.74. The number of nitrogens with zero attached hydrogens (tertiary/aromatic N) is 1. The Morgan fingerprint density at radius 3 is 2.64 bits per heavy atom. The second-order valence-electron chi connectivity index (χ2n) is 5.67. The molecule has 25 heavy (non-hydrogen) atoms. The van der Waals surface area contributed by atoms with E-state index < -0.39 is 5.91 Å². The summed E-state index contributed by atoms with van der Waals surface area (Å²) in [6.07, 6.45) is 1.67. The van der Waals surface area contributed by atoms with Crippen LogP contribution in [0.5, 0.6) is 11.5 Å². The van der Waals surface area contributed by atoms with Gasteiger partial charge in [0.05, 0.1) is 0 Å². The van der Waals surface area contributed by atoms with Crippen LogP contribution in [0.25, 0.3) is 22.3 Å². The number of amides is 1. The molecule has 0 aliphatic carbocycles. The lowest BCUT2D eigenvalue weighted by Gasteiger charge is -2.10. The Hall–Kier alpha value is -3.54. The van der Waals surface area contributed by atoms with Crippen molar-refractivity contribution < 1.29 is 14.3 Å². The predicted molar refractivity (Wildman–Crippen MR) is 94.2 cm³/mol. The van der Waals surface area contributed by atoms with Gasteiger partial charge in [0.25, 0.3) is 0 Å². The van der Waals surface area contributed by atoms with Gasteiger partial charge in [-0.15, -0.1) is 0 Å². The molecular formula is C19H15N3O3. The number of aromatic nitrogens is 1. The Bertz CT molecular complexity index is 985. The van der Waals surface area contributed by atoms with Crippen LogP contribution in [0.1, 0.15) is 10.4 Å². The second-order valence-corrected chi connectivity index (χ2v) is 5.67. The van der Waals surface area contributed by atoms with E-state index in [-0.39, 0.29) is 6.79 Å². The van der Waals surface area contributed by atoms with Crippen molar-refractivity contribution in [2.75, 3.05) is 12.5 Å². The standard InChI is InChI=1S/C19H15N3O3/c20-18-15(12-4-5-16-17(8-12)25-10-24-16)7-14(9-22-18)11-2-1-3-13(6-11)19(21)23/h1-9H,10H2,(H2,20,22)(H2,21,23). The topological polar surface area (TPSA) is 100 Å². The molecule has 3 aromatic rings. The quantitative estimate of drug-likeness (QED) is 0.767. The van der Waals surface area contributed by atoms with Crippen molar-refractivity contribution in [1.29, 1.82) is 0 Å². The zero-order valence-corrected chi connectivity index (χ0v) is 13.2. The molecule has 4 rings (SSSR count). The number of carbonyl (C=O) groups is 1. The molecule has 0 atom stereocenters. The summed E-state index contributed by atoms with van der Waals surface area (Å²) in [4.78, 5) is 15.7. The highest BCUT2D eigenvalue weighted by Crippen LogP contribution is 2.38. The van der Waals surface area contributed by atoms with Gasteiger partial charge in [-0.05, 0) is 41.5 Å². The fraction of sp³-hybridized carbons (Fsp3) is 0.0526. The monoisotopic (exact) mass is 333 g/mol. The van der Waals surface area contributed by atoms with E-state index in [4.69, 9.17) is 20.9 Å². The summed E-state index contributed by atoms with van der Waals surface area (Å²) < 4.78 is 10.8. The van der Waals surface area contributed by atoms with E-state index in [1.807, 2.05) is 30.3 Å². The number of anilines is 1. The van der Waals surface area contributed by atoms with Crippen LogP contribution in [0.3, 0.4) is 0 Å². The smallest absolute Gasteiger partial charge is 0.248 e. The zero-order valence-electron chi connectivity index (χ0n) is 13.2. The summed E-state index contributed by atoms with van der Waals surface area (Å²) in [6.45, 7) is 0.215. The van der Waals surface area contributed by atoms with Crippen LogP contribution in [-0.2, 0) is 0 Å². The number of hydrogen-bond acceptors (Lipinski definition) is 5. The molecule has 0 unspecified atom stereocenters. The minimum atomic E-state index is -0.471. The van der Waals surface area contributed by atoms with Crippen LogP contribution in [0, 0.1) is 0 Å². The number of hydrogen-bond donors (Lipinski definition) is 2. The van der Waals surface area contributed by atoms with Crippen LogP contribution in [0.15, 0.2) is 54.7 Å². The maximum absolute atomic E-state index is 11.4. The molecule has 0 fully saturated rings. The number of benzene rings is 2. The fourth-order valence-electron chi connectivity index (χ4n) is 2.78. The third-order valence-electron chi connectivity index (χ3n) is 4.08. The lowest BCUT2D eigenvalue weighted by molar-refractivity contribution is 0.100. The summed E-state index contributed by atoms with van der Waals surface area (Å²) in [5, 5.41) is 0. The van der Waals surface area contributed by atoms with Crippen LogP contribution in [0.2, 0.25) is 0 Å². The lowest BCUT2D eigenvalue weighted by atomic mass is 9.99. The molecule has 0 saturated carbocycles. The highest BCUT2D eigenvalue weighted by Gasteiger charge is 2.16. The van der Waals surface area contributed by atoms with Crippen molar-refractivity contribution in [1.82, 2.24) is 4.98 Å². The molecule has 1 aliphatic rings. The Balaban J connectivity index is 1.79. The minimum Gasteiger partial charge on any atom is -0.454 e. The molecule has 2 heterocycles. The van der Waals surface area contributed by atoms with Crippen LogP contribution in [-0.4, -0.2) is 17.7 Å². The maximum atomic E-state index is 11.4. The van der Waals surface area contributed by atoms with Gasteiger partial charge in [-0.25, -0.2) is 4.98 Å². The molecule has 1 amide bonds. The molecule has 1 aromatic heterocycles. The molecule has 6 nitrogen and oxygen atoms in total. The average Bonchev–Trinajstić information content (AvgIpc) is 3.10. The molecule has 0 bridgehead atoms. The molecule has 1 aliphatic heterocycles. The fourth-order valence-corrected chi connectivity index (χ4v) is 2.78. The van der Waals surface area contributed by atoms with Gasteiger partial charge in [0, 0.05) is 22.9 Å². The van der Waals surface area contributed by atoms with E-state index in [2.05, 4.69) is 4.98 Å². The van der Waals surface area contributed by atoms with Gasteiger partial charge in [-0.1, -0.05) is 18.2 Å². The van der Waals surface area contributed by atoms with Crippen molar-refractivity contribution in [2.45, 2.75) is 0 Å². The highest BCUT2D eigenvalue weighted by molar-refractivity contribution is 5.94. The van der Waals surface area contributed by atoms with E-state index >= 15 is 0 Å². The summed E-state index contributed by atoms with van der Waals surface area (Å²) in [5.74, 6) is 1.33. The number of nitrogens with two attached hydrogens (primary N) is 2. The van der Waals surface area contributed by atoms with Crippen LogP contribution in [0.4, 0.5) is 5.82 Å². The maximum Gasteiger partial charge on any atom is 0.248 e. The van der Waals surface area contributed by atoms with E-state index in [0.717, 1.165) is 22.3 Å². The molecule has 0 saturated heterocycles. The van der Waals surface area contributed by atoms with E-state index in [0.29, 0.717) is 22.9 Å². The Morgan fingerprint density at radius 2 is 1.80 bits per heavy atom. The minimum absolute atomic E-state index is 0.215. The van der Waals surface area contributed by atoms with Crippen molar-refractivity contribution >= 4 is 11.7 Å². The summed E-state index contributed by atoms with van der Waals surface area (Å²) in [5.41, 5.74) is 15.2. The second kappa shape index (κ2) is 5.83. The molecule has 2 aromatic carbocycles. The molecule has 124 valence electrons. The first-order chi connectivity index (χ1) is 12.1. The van der Waals surface area contributed by atoms with E-state index in [9.17, 15) is 4.79 Å².